The highest BCUT2D eigenvalue weighted by Gasteiger charge is 2.10. The standard InChI is InChI=1S/C13H21NO/c1-5-11(3)14(4)9-12-8-6-7-10(2)13(12)15/h6-8,11,15H,5,9H2,1-4H3. The van der Waals surface area contributed by atoms with Gasteiger partial charge in [-0.05, 0) is 32.9 Å². The molecular formula is C13H21NO. The van der Waals surface area contributed by atoms with E-state index in [-0.39, 0.29) is 0 Å². The highest BCUT2D eigenvalue weighted by molar-refractivity contribution is 5.39. The second kappa shape index (κ2) is 5.17. The molecule has 0 bridgehead atoms. The molecule has 1 N–H and O–H groups in total. The maximum Gasteiger partial charge on any atom is 0.122 e. The van der Waals surface area contributed by atoms with E-state index in [0.29, 0.717) is 11.8 Å². The SMILES string of the molecule is CCC(C)N(C)Cc1cccc(C)c1O. The molecule has 0 radical (unpaired) electrons. The van der Waals surface area contributed by atoms with Gasteiger partial charge in [-0.3, -0.25) is 4.90 Å². The van der Waals surface area contributed by atoms with Gasteiger partial charge in [0.1, 0.15) is 5.75 Å². The zero-order chi connectivity index (χ0) is 11.4. The van der Waals surface area contributed by atoms with Gasteiger partial charge in [0.05, 0.1) is 0 Å². The molecule has 0 aliphatic carbocycles. The maximum absolute atomic E-state index is 9.87. The van der Waals surface area contributed by atoms with Crippen LogP contribution in [0, 0.1) is 6.92 Å². The van der Waals surface area contributed by atoms with Gasteiger partial charge in [-0.25, -0.2) is 0 Å². The summed E-state index contributed by atoms with van der Waals surface area (Å²) in [6.45, 7) is 7.12. The topological polar surface area (TPSA) is 23.5 Å². The fourth-order valence-corrected chi connectivity index (χ4v) is 1.58. The Kier molecular flexibility index (Phi) is 4.15. The predicted octanol–water partition coefficient (Wildman–Crippen LogP) is 2.93. The average Bonchev–Trinajstić information content (AvgIpc) is 2.23. The van der Waals surface area contributed by atoms with Crippen LogP contribution in [0.3, 0.4) is 0 Å². The van der Waals surface area contributed by atoms with E-state index in [9.17, 15) is 5.11 Å². The van der Waals surface area contributed by atoms with Gasteiger partial charge in [0.15, 0.2) is 0 Å². The lowest BCUT2D eigenvalue weighted by molar-refractivity contribution is 0.241. The molecule has 0 amide bonds. The van der Waals surface area contributed by atoms with Crippen LogP contribution >= 0.6 is 0 Å². The van der Waals surface area contributed by atoms with E-state index in [0.717, 1.165) is 24.1 Å². The number of aryl methyl sites for hydroxylation is 1. The van der Waals surface area contributed by atoms with E-state index >= 15 is 0 Å². The van der Waals surface area contributed by atoms with E-state index < -0.39 is 0 Å². The summed E-state index contributed by atoms with van der Waals surface area (Å²) >= 11 is 0. The molecule has 0 aromatic heterocycles. The number of hydrogen-bond acceptors (Lipinski definition) is 2. The summed E-state index contributed by atoms with van der Waals surface area (Å²) in [5.74, 6) is 0.438. The highest BCUT2D eigenvalue weighted by Crippen LogP contribution is 2.23. The van der Waals surface area contributed by atoms with Crippen LogP contribution in [0.5, 0.6) is 5.75 Å². The number of aromatic hydroxyl groups is 1. The maximum atomic E-state index is 9.87. The third-order valence-electron chi connectivity index (χ3n) is 3.08. The predicted molar refractivity (Wildman–Crippen MR) is 64.1 cm³/mol. The van der Waals surface area contributed by atoms with Gasteiger partial charge in [0.2, 0.25) is 0 Å². The molecule has 1 unspecified atom stereocenters. The van der Waals surface area contributed by atoms with Crippen molar-refractivity contribution in [3.63, 3.8) is 0 Å². The normalized spacial score (nSPS) is 13.1. The molecule has 1 rings (SSSR count). The number of para-hydroxylation sites is 1. The molecule has 2 heteroatoms. The number of rotatable bonds is 4. The zero-order valence-corrected chi connectivity index (χ0v) is 10.1. The second-order valence-corrected chi connectivity index (χ2v) is 4.26. The molecule has 0 spiro atoms. The smallest absolute Gasteiger partial charge is 0.122 e. The lowest BCUT2D eigenvalue weighted by Crippen LogP contribution is -2.27. The van der Waals surface area contributed by atoms with Crippen LogP contribution in [0.25, 0.3) is 0 Å². The fraction of sp³-hybridized carbons (Fsp3) is 0.538. The first-order chi connectivity index (χ1) is 7.06. The Labute approximate surface area is 92.5 Å². The molecule has 0 fully saturated rings. The van der Waals surface area contributed by atoms with E-state index in [4.69, 9.17) is 0 Å². The Hall–Kier alpha value is -1.02. The first-order valence-electron chi connectivity index (χ1n) is 5.54. The molecule has 0 heterocycles. The molecule has 15 heavy (non-hydrogen) atoms. The second-order valence-electron chi connectivity index (χ2n) is 4.26. The van der Waals surface area contributed by atoms with Gasteiger partial charge >= 0.3 is 0 Å². The van der Waals surface area contributed by atoms with Gasteiger partial charge in [0, 0.05) is 18.2 Å². The van der Waals surface area contributed by atoms with E-state index in [1.165, 1.54) is 0 Å². The molecule has 0 aliphatic rings. The summed E-state index contributed by atoms with van der Waals surface area (Å²) in [7, 11) is 2.09. The van der Waals surface area contributed by atoms with Crippen molar-refractivity contribution in [2.24, 2.45) is 0 Å². The molecule has 0 aliphatic heterocycles. The quantitative estimate of drug-likeness (QED) is 0.820. The number of phenols is 1. The highest BCUT2D eigenvalue weighted by atomic mass is 16.3. The van der Waals surface area contributed by atoms with Crippen molar-refractivity contribution in [2.75, 3.05) is 7.05 Å². The molecule has 2 nitrogen and oxygen atoms in total. The third kappa shape index (κ3) is 2.96. The van der Waals surface area contributed by atoms with Crippen molar-refractivity contribution in [3.8, 4) is 5.75 Å². The van der Waals surface area contributed by atoms with E-state index in [1.54, 1.807) is 0 Å². The van der Waals surface area contributed by atoms with Crippen molar-refractivity contribution >= 4 is 0 Å². The van der Waals surface area contributed by atoms with E-state index in [1.807, 2.05) is 25.1 Å². The van der Waals surface area contributed by atoms with Crippen LogP contribution in [0.1, 0.15) is 31.4 Å². The van der Waals surface area contributed by atoms with E-state index in [2.05, 4.69) is 25.8 Å². The van der Waals surface area contributed by atoms with Crippen LogP contribution in [0.15, 0.2) is 18.2 Å². The van der Waals surface area contributed by atoms with Crippen molar-refractivity contribution in [2.45, 2.75) is 39.8 Å². The van der Waals surface area contributed by atoms with Gasteiger partial charge < -0.3 is 5.11 Å². The lowest BCUT2D eigenvalue weighted by atomic mass is 10.1. The summed E-state index contributed by atoms with van der Waals surface area (Å²) in [6.07, 6.45) is 1.13. The van der Waals surface area contributed by atoms with Crippen LogP contribution in [-0.4, -0.2) is 23.1 Å². The Morgan fingerprint density at radius 3 is 2.67 bits per heavy atom. The molecular weight excluding hydrogens is 186 g/mol. The Bertz CT molecular complexity index is 322. The lowest BCUT2D eigenvalue weighted by Gasteiger charge is -2.24. The van der Waals surface area contributed by atoms with Crippen molar-refractivity contribution in [1.82, 2.24) is 4.90 Å². The minimum atomic E-state index is 0.438. The Balaban J connectivity index is 2.76. The zero-order valence-electron chi connectivity index (χ0n) is 10.1. The largest absolute Gasteiger partial charge is 0.507 e. The van der Waals surface area contributed by atoms with Crippen molar-refractivity contribution in [3.05, 3.63) is 29.3 Å². The van der Waals surface area contributed by atoms with Crippen molar-refractivity contribution < 1.29 is 5.11 Å². The molecule has 1 aromatic carbocycles. The summed E-state index contributed by atoms with van der Waals surface area (Å²) in [5.41, 5.74) is 1.96. The fourth-order valence-electron chi connectivity index (χ4n) is 1.58. The first kappa shape index (κ1) is 12.1. The third-order valence-corrected chi connectivity index (χ3v) is 3.08. The van der Waals surface area contributed by atoms with Crippen molar-refractivity contribution in [1.29, 1.82) is 0 Å². The summed E-state index contributed by atoms with van der Waals surface area (Å²) in [4.78, 5) is 2.26. The molecule has 84 valence electrons. The summed E-state index contributed by atoms with van der Waals surface area (Å²) in [6, 6.07) is 6.46. The first-order valence-corrected chi connectivity index (χ1v) is 5.54. The molecule has 1 aromatic rings. The number of benzene rings is 1. The summed E-state index contributed by atoms with van der Waals surface area (Å²) in [5, 5.41) is 9.87. The molecule has 0 saturated heterocycles. The molecule has 1 atom stereocenters. The van der Waals surface area contributed by atoms with Gasteiger partial charge in [-0.15, -0.1) is 0 Å². The summed E-state index contributed by atoms with van der Waals surface area (Å²) < 4.78 is 0. The number of hydrogen-bond donors (Lipinski definition) is 1. The average molecular weight is 207 g/mol. The number of nitrogens with zero attached hydrogens (tertiary/aromatic N) is 1. The van der Waals surface area contributed by atoms with Gasteiger partial charge in [0.25, 0.3) is 0 Å². The van der Waals surface area contributed by atoms with Crippen LogP contribution in [0.4, 0.5) is 0 Å². The molecule has 0 saturated carbocycles. The monoisotopic (exact) mass is 207 g/mol. The Morgan fingerprint density at radius 2 is 2.07 bits per heavy atom. The minimum Gasteiger partial charge on any atom is -0.507 e. The van der Waals surface area contributed by atoms with Crippen LogP contribution < -0.4 is 0 Å². The van der Waals surface area contributed by atoms with Gasteiger partial charge in [-0.1, -0.05) is 25.1 Å². The minimum absolute atomic E-state index is 0.438. The van der Waals surface area contributed by atoms with Crippen LogP contribution in [-0.2, 0) is 6.54 Å². The van der Waals surface area contributed by atoms with Crippen LogP contribution in [0.2, 0.25) is 0 Å². The van der Waals surface area contributed by atoms with Gasteiger partial charge in [-0.2, -0.15) is 0 Å². The Morgan fingerprint density at radius 1 is 1.40 bits per heavy atom. The number of phenolic OH excluding ortho intramolecular Hbond substituents is 1.